The molecule has 364 valence electrons. The summed E-state index contributed by atoms with van der Waals surface area (Å²) in [7, 11) is 0. The molecule has 0 aromatic rings. The van der Waals surface area contributed by atoms with Gasteiger partial charge < -0.3 is 45.4 Å². The number of carbonyl (C=O) groups excluding carboxylic acids is 1. The molecule has 1 aliphatic heterocycles. The number of aliphatic hydroxyl groups is 6. The Morgan fingerprint density at radius 1 is 0.508 bits per heavy atom. The highest BCUT2D eigenvalue weighted by atomic mass is 16.7. The topological polar surface area (TPSA) is 169 Å². The predicted octanol–water partition coefficient (Wildman–Crippen LogP) is 10.9. The van der Waals surface area contributed by atoms with E-state index in [1.165, 1.54) is 193 Å². The molecule has 0 aromatic carbocycles. The van der Waals surface area contributed by atoms with Crippen molar-refractivity contribution >= 4 is 5.91 Å². The summed E-state index contributed by atoms with van der Waals surface area (Å²) < 4.78 is 11.2. The second kappa shape index (κ2) is 41.8. The Labute approximate surface area is 375 Å². The average molecular weight is 872 g/mol. The van der Waals surface area contributed by atoms with Crippen LogP contribution in [0.15, 0.2) is 0 Å². The van der Waals surface area contributed by atoms with Gasteiger partial charge in [0, 0.05) is 6.42 Å². The Balaban J connectivity index is 2.28. The lowest BCUT2D eigenvalue weighted by Crippen LogP contribution is -2.60. The van der Waals surface area contributed by atoms with Crippen molar-refractivity contribution in [2.75, 3.05) is 13.2 Å². The Morgan fingerprint density at radius 3 is 1.21 bits per heavy atom. The number of unbranched alkanes of at least 4 members (excludes halogenated alkanes) is 34. The van der Waals surface area contributed by atoms with E-state index < -0.39 is 55.6 Å². The number of hydrogen-bond donors (Lipinski definition) is 7. The highest BCUT2D eigenvalue weighted by molar-refractivity contribution is 5.76. The summed E-state index contributed by atoms with van der Waals surface area (Å²) in [5, 5.41) is 65.4. The highest BCUT2D eigenvalue weighted by Crippen LogP contribution is 2.23. The van der Waals surface area contributed by atoms with Gasteiger partial charge in [-0.05, 0) is 12.8 Å². The fourth-order valence-electron chi connectivity index (χ4n) is 8.79. The van der Waals surface area contributed by atoms with Crippen LogP contribution < -0.4 is 5.32 Å². The van der Waals surface area contributed by atoms with Crippen molar-refractivity contribution in [1.82, 2.24) is 5.32 Å². The van der Waals surface area contributed by atoms with E-state index in [4.69, 9.17) is 9.47 Å². The standard InChI is InChI=1S/C51H101NO9/c1-3-5-7-9-11-13-15-17-19-20-21-22-23-24-25-26-28-30-32-34-36-38-40-46(55)52-43(42-60-51-50(59)49(58)48(57)45(41-53)61-51)47(56)44(54)39-37-35-33-31-29-27-18-16-14-12-10-8-6-4-2/h43-45,47-51,53-54,56-59H,3-42H2,1-2H3,(H,52,55)/t43-,44+,45+,47-,48+,49?,50?,51+/m0/s1. The van der Waals surface area contributed by atoms with Gasteiger partial charge in [0.25, 0.3) is 0 Å². The van der Waals surface area contributed by atoms with Crippen LogP contribution in [0, 0.1) is 0 Å². The van der Waals surface area contributed by atoms with E-state index >= 15 is 0 Å². The molecule has 0 radical (unpaired) electrons. The Hall–Kier alpha value is -0.850. The van der Waals surface area contributed by atoms with E-state index in [1.54, 1.807) is 0 Å². The monoisotopic (exact) mass is 872 g/mol. The van der Waals surface area contributed by atoms with Gasteiger partial charge in [0.1, 0.15) is 30.5 Å². The molecule has 10 nitrogen and oxygen atoms in total. The SMILES string of the molecule is CCCCCCCCCCCCCCCCCCCCCCCCC(=O)N[C@@H](CO[C@@H]1O[C@H](CO)[C@@H](O)C(O)C1O)[C@H](O)[C@H](O)CCCCCCCCCCCCCCCC. The van der Waals surface area contributed by atoms with Gasteiger partial charge in [0.15, 0.2) is 6.29 Å². The van der Waals surface area contributed by atoms with Crippen molar-refractivity contribution in [3.8, 4) is 0 Å². The first-order valence-corrected chi connectivity index (χ1v) is 26.3. The lowest BCUT2D eigenvalue weighted by atomic mass is 9.98. The molecule has 0 spiro atoms. The van der Waals surface area contributed by atoms with Crippen LogP contribution in [0.25, 0.3) is 0 Å². The third-order valence-corrected chi connectivity index (χ3v) is 13.1. The average Bonchev–Trinajstić information content (AvgIpc) is 3.26. The van der Waals surface area contributed by atoms with Crippen LogP contribution in [0.2, 0.25) is 0 Å². The molecule has 0 saturated carbocycles. The first-order chi connectivity index (χ1) is 29.8. The molecular formula is C51H101NO9. The Bertz CT molecular complexity index is 942. The minimum absolute atomic E-state index is 0.252. The molecular weight excluding hydrogens is 771 g/mol. The van der Waals surface area contributed by atoms with E-state index in [0.29, 0.717) is 6.42 Å². The van der Waals surface area contributed by atoms with Crippen molar-refractivity contribution in [2.45, 2.75) is 307 Å². The van der Waals surface area contributed by atoms with Crippen molar-refractivity contribution in [3.05, 3.63) is 0 Å². The summed E-state index contributed by atoms with van der Waals surface area (Å²) in [4.78, 5) is 13.0. The summed E-state index contributed by atoms with van der Waals surface area (Å²) in [6, 6.07) is -0.985. The largest absolute Gasteiger partial charge is 0.394 e. The second-order valence-corrected chi connectivity index (χ2v) is 18.8. The maximum atomic E-state index is 13.0. The number of rotatable bonds is 45. The van der Waals surface area contributed by atoms with Crippen molar-refractivity contribution in [2.24, 2.45) is 0 Å². The molecule has 8 atom stereocenters. The molecule has 10 heteroatoms. The number of ether oxygens (including phenoxy) is 2. The summed E-state index contributed by atoms with van der Waals surface area (Å²) in [6.07, 6.45) is 36.8. The number of amides is 1. The Morgan fingerprint density at radius 2 is 0.852 bits per heavy atom. The first-order valence-electron chi connectivity index (χ1n) is 26.3. The third kappa shape index (κ3) is 31.6. The van der Waals surface area contributed by atoms with E-state index in [2.05, 4.69) is 19.2 Å². The fourth-order valence-corrected chi connectivity index (χ4v) is 8.79. The molecule has 0 aromatic heterocycles. The Kier molecular flexibility index (Phi) is 39.9. The van der Waals surface area contributed by atoms with Gasteiger partial charge in [-0.2, -0.15) is 0 Å². The lowest BCUT2D eigenvalue weighted by Gasteiger charge is -2.40. The van der Waals surface area contributed by atoms with Crippen molar-refractivity contribution in [3.63, 3.8) is 0 Å². The quantitative estimate of drug-likeness (QED) is 0.0295. The fraction of sp³-hybridized carbons (Fsp3) is 0.980. The van der Waals surface area contributed by atoms with Gasteiger partial charge in [0.05, 0.1) is 25.4 Å². The zero-order chi connectivity index (χ0) is 44.6. The molecule has 1 fully saturated rings. The van der Waals surface area contributed by atoms with E-state index in [0.717, 1.165) is 38.5 Å². The smallest absolute Gasteiger partial charge is 0.220 e. The number of aliphatic hydroxyl groups excluding tert-OH is 6. The van der Waals surface area contributed by atoms with Crippen LogP contribution in [-0.4, -0.2) is 98.7 Å². The number of nitrogens with one attached hydrogen (secondary N) is 1. The highest BCUT2D eigenvalue weighted by Gasteiger charge is 2.44. The molecule has 61 heavy (non-hydrogen) atoms. The van der Waals surface area contributed by atoms with Gasteiger partial charge in [-0.1, -0.05) is 239 Å². The molecule has 1 heterocycles. The van der Waals surface area contributed by atoms with Crippen LogP contribution in [0.3, 0.4) is 0 Å². The molecule has 7 N–H and O–H groups in total. The molecule has 0 bridgehead atoms. The molecule has 1 aliphatic rings. The minimum atomic E-state index is -1.60. The van der Waals surface area contributed by atoms with Gasteiger partial charge in [-0.15, -0.1) is 0 Å². The molecule has 1 saturated heterocycles. The van der Waals surface area contributed by atoms with E-state index in [9.17, 15) is 35.4 Å². The summed E-state index contributed by atoms with van der Waals surface area (Å²) in [5.74, 6) is -0.252. The zero-order valence-electron chi connectivity index (χ0n) is 39.8. The lowest BCUT2D eigenvalue weighted by molar-refractivity contribution is -0.303. The summed E-state index contributed by atoms with van der Waals surface area (Å²) >= 11 is 0. The minimum Gasteiger partial charge on any atom is -0.394 e. The van der Waals surface area contributed by atoms with Gasteiger partial charge in [-0.3, -0.25) is 4.79 Å². The summed E-state index contributed by atoms with van der Waals surface area (Å²) in [6.45, 7) is 3.64. The van der Waals surface area contributed by atoms with Crippen molar-refractivity contribution < 1.29 is 44.9 Å². The molecule has 0 aliphatic carbocycles. The van der Waals surface area contributed by atoms with Crippen LogP contribution in [0.4, 0.5) is 0 Å². The van der Waals surface area contributed by atoms with E-state index in [1.807, 2.05) is 0 Å². The van der Waals surface area contributed by atoms with Crippen LogP contribution >= 0.6 is 0 Å². The second-order valence-electron chi connectivity index (χ2n) is 18.8. The predicted molar refractivity (Wildman–Crippen MR) is 250 cm³/mol. The van der Waals surface area contributed by atoms with E-state index in [-0.39, 0.29) is 18.9 Å². The molecule has 1 amide bonds. The van der Waals surface area contributed by atoms with Crippen LogP contribution in [-0.2, 0) is 14.3 Å². The maximum absolute atomic E-state index is 13.0. The third-order valence-electron chi connectivity index (χ3n) is 13.1. The first kappa shape index (κ1) is 58.2. The zero-order valence-corrected chi connectivity index (χ0v) is 39.8. The van der Waals surface area contributed by atoms with Crippen LogP contribution in [0.1, 0.15) is 258 Å². The van der Waals surface area contributed by atoms with Gasteiger partial charge in [-0.25, -0.2) is 0 Å². The molecule has 2 unspecified atom stereocenters. The number of hydrogen-bond acceptors (Lipinski definition) is 9. The normalized spacial score (nSPS) is 20.8. The maximum Gasteiger partial charge on any atom is 0.220 e. The van der Waals surface area contributed by atoms with Crippen molar-refractivity contribution in [1.29, 1.82) is 0 Å². The van der Waals surface area contributed by atoms with Gasteiger partial charge in [0.2, 0.25) is 5.91 Å². The summed E-state index contributed by atoms with van der Waals surface area (Å²) in [5.41, 5.74) is 0. The number of carbonyl (C=O) groups is 1. The van der Waals surface area contributed by atoms with Crippen LogP contribution in [0.5, 0.6) is 0 Å². The van der Waals surface area contributed by atoms with Gasteiger partial charge >= 0.3 is 0 Å². The molecule has 1 rings (SSSR count).